The zero-order valence-electron chi connectivity index (χ0n) is 12.7. The second-order valence-corrected chi connectivity index (χ2v) is 5.45. The molecule has 0 atom stereocenters. The van der Waals surface area contributed by atoms with E-state index < -0.39 is 0 Å². The number of anilines is 1. The van der Waals surface area contributed by atoms with Gasteiger partial charge in [-0.25, -0.2) is 10.8 Å². The Hall–Kier alpha value is -1.13. The fourth-order valence-electron chi connectivity index (χ4n) is 2.53. The molecule has 0 unspecified atom stereocenters. The first-order valence-electron chi connectivity index (χ1n) is 7.26. The number of hydrogen-bond acceptors (Lipinski definition) is 4. The highest BCUT2D eigenvalue weighted by Crippen LogP contribution is 2.19. The first-order valence-corrected chi connectivity index (χ1v) is 7.26. The molecule has 1 heterocycles. The lowest BCUT2D eigenvalue weighted by Crippen LogP contribution is -2.37. The Labute approximate surface area is 117 Å². The topological polar surface area (TPSA) is 54.2 Å². The average molecular weight is 264 g/mol. The molecular formula is C15H28N4. The molecule has 0 spiro atoms. The van der Waals surface area contributed by atoms with Crippen LogP contribution in [0.15, 0.2) is 18.3 Å². The van der Waals surface area contributed by atoms with E-state index in [1.54, 1.807) is 6.20 Å². The maximum Gasteiger partial charge on any atom is 0.144 e. The maximum atomic E-state index is 5.54. The number of nitrogens with zero attached hydrogens (tertiary/aromatic N) is 2. The molecule has 0 aliphatic carbocycles. The van der Waals surface area contributed by atoms with Crippen molar-refractivity contribution in [2.24, 2.45) is 11.8 Å². The molecule has 0 fully saturated rings. The van der Waals surface area contributed by atoms with E-state index in [9.17, 15) is 0 Å². The summed E-state index contributed by atoms with van der Waals surface area (Å²) in [5.74, 6) is 6.98. The molecule has 0 aromatic carbocycles. The quantitative estimate of drug-likeness (QED) is 0.560. The zero-order valence-corrected chi connectivity index (χ0v) is 12.7. The van der Waals surface area contributed by atoms with Crippen LogP contribution in [0.4, 0.5) is 5.82 Å². The van der Waals surface area contributed by atoms with E-state index in [1.807, 2.05) is 6.07 Å². The number of aromatic nitrogens is 1. The molecule has 19 heavy (non-hydrogen) atoms. The summed E-state index contributed by atoms with van der Waals surface area (Å²) in [4.78, 5) is 6.82. The second-order valence-electron chi connectivity index (χ2n) is 5.45. The van der Waals surface area contributed by atoms with Gasteiger partial charge in [0.25, 0.3) is 0 Å². The first-order chi connectivity index (χ1) is 9.12. The van der Waals surface area contributed by atoms with Gasteiger partial charge in [-0.15, -0.1) is 0 Å². The highest BCUT2D eigenvalue weighted by Gasteiger charge is 2.18. The number of nitrogen functional groups attached to an aromatic ring is 1. The Morgan fingerprint density at radius 3 is 2.53 bits per heavy atom. The fourth-order valence-corrected chi connectivity index (χ4v) is 2.53. The molecule has 0 radical (unpaired) electrons. The Bertz CT molecular complexity index is 361. The summed E-state index contributed by atoms with van der Waals surface area (Å²) in [6, 6.07) is 4.68. The van der Waals surface area contributed by atoms with Crippen molar-refractivity contribution >= 4 is 5.82 Å². The summed E-state index contributed by atoms with van der Waals surface area (Å²) in [5.41, 5.74) is 3.86. The van der Waals surface area contributed by atoms with Gasteiger partial charge in [0, 0.05) is 30.9 Å². The van der Waals surface area contributed by atoms with Crippen molar-refractivity contribution in [2.45, 2.75) is 53.1 Å². The third-order valence-corrected chi connectivity index (χ3v) is 3.46. The van der Waals surface area contributed by atoms with Crippen LogP contribution in [-0.4, -0.2) is 22.5 Å². The molecular weight excluding hydrogens is 236 g/mol. The molecule has 0 bridgehead atoms. The van der Waals surface area contributed by atoms with E-state index in [2.05, 4.69) is 49.1 Å². The van der Waals surface area contributed by atoms with E-state index in [0.717, 1.165) is 24.5 Å². The molecule has 1 aromatic heterocycles. The van der Waals surface area contributed by atoms with Crippen molar-refractivity contribution in [3.8, 4) is 0 Å². The van der Waals surface area contributed by atoms with Gasteiger partial charge in [0.15, 0.2) is 0 Å². The Morgan fingerprint density at radius 2 is 2.00 bits per heavy atom. The molecule has 0 aliphatic heterocycles. The minimum Gasteiger partial charge on any atom is -0.308 e. The minimum absolute atomic E-state index is 0.619. The molecule has 4 heteroatoms. The summed E-state index contributed by atoms with van der Waals surface area (Å²) < 4.78 is 0. The standard InChI is InChI=1S/C15H28N4/c1-5-14(6-2)19(10-12(3)4)11-13-8-7-9-17-15(13)18-16/h7-9,12,14H,5-6,10-11,16H2,1-4H3,(H,17,18). The van der Waals surface area contributed by atoms with Gasteiger partial charge in [-0.1, -0.05) is 33.8 Å². The molecule has 108 valence electrons. The fraction of sp³-hybridized carbons (Fsp3) is 0.667. The number of nitrogens with one attached hydrogen (secondary N) is 1. The lowest BCUT2D eigenvalue weighted by atomic mass is 10.1. The van der Waals surface area contributed by atoms with Gasteiger partial charge < -0.3 is 5.43 Å². The summed E-state index contributed by atoms with van der Waals surface area (Å²) in [7, 11) is 0. The molecule has 1 rings (SSSR count). The van der Waals surface area contributed by atoms with Crippen molar-refractivity contribution < 1.29 is 0 Å². The van der Waals surface area contributed by atoms with Gasteiger partial charge in [-0.05, 0) is 24.8 Å². The Kier molecular flexibility index (Phi) is 6.81. The largest absolute Gasteiger partial charge is 0.308 e. The Morgan fingerprint density at radius 1 is 1.32 bits per heavy atom. The van der Waals surface area contributed by atoms with Gasteiger partial charge in [0.2, 0.25) is 0 Å². The molecule has 0 saturated carbocycles. The van der Waals surface area contributed by atoms with E-state index in [4.69, 9.17) is 5.84 Å². The third-order valence-electron chi connectivity index (χ3n) is 3.46. The van der Waals surface area contributed by atoms with Crippen LogP contribution in [0.5, 0.6) is 0 Å². The highest BCUT2D eigenvalue weighted by atomic mass is 15.3. The van der Waals surface area contributed by atoms with E-state index in [1.165, 1.54) is 12.8 Å². The first kappa shape index (κ1) is 15.9. The second kappa shape index (κ2) is 8.12. The predicted molar refractivity (Wildman–Crippen MR) is 81.7 cm³/mol. The predicted octanol–water partition coefficient (Wildman–Crippen LogP) is 3.01. The minimum atomic E-state index is 0.619. The molecule has 0 aliphatic rings. The van der Waals surface area contributed by atoms with Crippen LogP contribution < -0.4 is 11.3 Å². The van der Waals surface area contributed by atoms with Crippen molar-refractivity contribution in [1.82, 2.24) is 9.88 Å². The summed E-state index contributed by atoms with van der Waals surface area (Å²) in [6.45, 7) is 11.0. The van der Waals surface area contributed by atoms with Crippen LogP contribution in [-0.2, 0) is 6.54 Å². The average Bonchev–Trinajstić information content (AvgIpc) is 2.40. The van der Waals surface area contributed by atoms with Crippen LogP contribution in [0.1, 0.15) is 46.1 Å². The van der Waals surface area contributed by atoms with Crippen molar-refractivity contribution in [3.05, 3.63) is 23.9 Å². The maximum absolute atomic E-state index is 5.54. The number of nitrogens with two attached hydrogens (primary N) is 1. The van der Waals surface area contributed by atoms with E-state index in [0.29, 0.717) is 12.0 Å². The SMILES string of the molecule is CCC(CC)N(Cc1cccnc1NN)CC(C)C. The van der Waals surface area contributed by atoms with Crippen LogP contribution in [0.3, 0.4) is 0 Å². The van der Waals surface area contributed by atoms with Crippen LogP contribution >= 0.6 is 0 Å². The van der Waals surface area contributed by atoms with Crippen molar-refractivity contribution in [2.75, 3.05) is 12.0 Å². The molecule has 1 aromatic rings. The van der Waals surface area contributed by atoms with Crippen LogP contribution in [0.25, 0.3) is 0 Å². The normalized spacial score (nSPS) is 11.6. The van der Waals surface area contributed by atoms with E-state index >= 15 is 0 Å². The molecule has 0 amide bonds. The van der Waals surface area contributed by atoms with Crippen LogP contribution in [0, 0.1) is 5.92 Å². The monoisotopic (exact) mass is 264 g/mol. The van der Waals surface area contributed by atoms with E-state index in [-0.39, 0.29) is 0 Å². The van der Waals surface area contributed by atoms with Gasteiger partial charge in [0.05, 0.1) is 0 Å². The number of hydrogen-bond donors (Lipinski definition) is 2. The van der Waals surface area contributed by atoms with Gasteiger partial charge >= 0.3 is 0 Å². The van der Waals surface area contributed by atoms with Gasteiger partial charge in [-0.3, -0.25) is 4.90 Å². The molecule has 0 saturated heterocycles. The number of pyridine rings is 1. The van der Waals surface area contributed by atoms with Gasteiger partial charge in [-0.2, -0.15) is 0 Å². The molecule has 4 nitrogen and oxygen atoms in total. The zero-order chi connectivity index (χ0) is 14.3. The molecule has 3 N–H and O–H groups in total. The van der Waals surface area contributed by atoms with Crippen LogP contribution in [0.2, 0.25) is 0 Å². The van der Waals surface area contributed by atoms with Crippen molar-refractivity contribution in [3.63, 3.8) is 0 Å². The smallest absolute Gasteiger partial charge is 0.144 e. The van der Waals surface area contributed by atoms with Crippen molar-refractivity contribution in [1.29, 1.82) is 0 Å². The van der Waals surface area contributed by atoms with Gasteiger partial charge in [0.1, 0.15) is 5.82 Å². The Balaban J connectivity index is 2.86. The lowest BCUT2D eigenvalue weighted by molar-refractivity contribution is 0.157. The summed E-state index contributed by atoms with van der Waals surface area (Å²) in [6.07, 6.45) is 4.12. The summed E-state index contributed by atoms with van der Waals surface area (Å²) in [5, 5.41) is 0. The number of rotatable bonds is 8. The third kappa shape index (κ3) is 4.80. The highest BCUT2D eigenvalue weighted by molar-refractivity contribution is 5.42. The summed E-state index contributed by atoms with van der Waals surface area (Å²) >= 11 is 0. The number of hydrazine groups is 1. The lowest BCUT2D eigenvalue weighted by Gasteiger charge is -2.32.